The molecule has 0 spiro atoms. The molecule has 2 rings (SSSR count). The lowest BCUT2D eigenvalue weighted by atomic mass is 9.97. The molecule has 2 heterocycles. The van der Waals surface area contributed by atoms with Gasteiger partial charge >= 0.3 is 5.97 Å². The van der Waals surface area contributed by atoms with Crippen LogP contribution < -0.4 is 0 Å². The van der Waals surface area contributed by atoms with Gasteiger partial charge in [-0.25, -0.2) is 0 Å². The Morgan fingerprint density at radius 1 is 1.32 bits per heavy atom. The third-order valence-corrected chi connectivity index (χ3v) is 4.01. The summed E-state index contributed by atoms with van der Waals surface area (Å²) >= 11 is 0. The Morgan fingerprint density at radius 2 is 2.16 bits per heavy atom. The van der Waals surface area contributed by atoms with Crippen LogP contribution in [0.2, 0.25) is 0 Å². The number of carbonyl (C=O) groups excluding carboxylic acids is 2. The molecule has 2 fully saturated rings. The number of hydrogen-bond acceptors (Lipinski definition) is 4. The van der Waals surface area contributed by atoms with Crippen molar-refractivity contribution in [2.24, 2.45) is 5.92 Å². The molecule has 2 aliphatic heterocycles. The van der Waals surface area contributed by atoms with E-state index in [9.17, 15) is 9.59 Å². The number of hydrogen-bond donors (Lipinski definition) is 0. The average molecular weight is 269 g/mol. The molecular formula is C14H23NO4. The smallest absolute Gasteiger partial charge is 0.310 e. The third kappa shape index (κ3) is 3.93. The van der Waals surface area contributed by atoms with Gasteiger partial charge in [-0.15, -0.1) is 0 Å². The van der Waals surface area contributed by atoms with Crippen LogP contribution in [0.5, 0.6) is 0 Å². The topological polar surface area (TPSA) is 55.8 Å². The molecule has 108 valence electrons. The van der Waals surface area contributed by atoms with Crippen molar-refractivity contribution >= 4 is 11.9 Å². The second-order valence-electron chi connectivity index (χ2n) is 5.38. The summed E-state index contributed by atoms with van der Waals surface area (Å²) in [5.74, 6) is -0.203. The first-order chi connectivity index (χ1) is 9.20. The lowest BCUT2D eigenvalue weighted by molar-refractivity contribution is -0.149. The standard InChI is InChI=1S/C14H23NO4/c1-18-14(17)11-4-2-8-15(10-11)13(16)7-6-12-5-3-9-19-12/h11-12H,2-10H2,1H3/t11-,12?/m0/s1. The maximum absolute atomic E-state index is 12.1. The van der Waals surface area contributed by atoms with E-state index in [1.54, 1.807) is 4.90 Å². The first-order valence-corrected chi connectivity index (χ1v) is 7.18. The van der Waals surface area contributed by atoms with E-state index in [2.05, 4.69) is 0 Å². The highest BCUT2D eigenvalue weighted by Gasteiger charge is 2.29. The molecule has 2 atom stereocenters. The Balaban J connectivity index is 1.76. The zero-order chi connectivity index (χ0) is 13.7. The van der Waals surface area contributed by atoms with Crippen LogP contribution in [0.3, 0.4) is 0 Å². The van der Waals surface area contributed by atoms with Gasteiger partial charge in [-0.2, -0.15) is 0 Å². The number of esters is 1. The Bertz CT molecular complexity index is 325. The summed E-state index contributed by atoms with van der Waals surface area (Å²) in [5.41, 5.74) is 0. The van der Waals surface area contributed by atoms with Crippen molar-refractivity contribution in [3.05, 3.63) is 0 Å². The number of piperidine rings is 1. The quantitative estimate of drug-likeness (QED) is 0.723. The summed E-state index contributed by atoms with van der Waals surface area (Å²) in [6.07, 6.45) is 5.46. The molecule has 5 heteroatoms. The third-order valence-electron chi connectivity index (χ3n) is 4.01. The zero-order valence-corrected chi connectivity index (χ0v) is 11.6. The molecule has 0 N–H and O–H groups in total. The Hall–Kier alpha value is -1.10. The zero-order valence-electron chi connectivity index (χ0n) is 11.6. The molecule has 1 unspecified atom stereocenters. The molecule has 2 aliphatic rings. The van der Waals surface area contributed by atoms with Gasteiger partial charge in [0.15, 0.2) is 0 Å². The van der Waals surface area contributed by atoms with Crippen LogP contribution in [0.4, 0.5) is 0 Å². The lowest BCUT2D eigenvalue weighted by Crippen LogP contribution is -2.42. The van der Waals surface area contributed by atoms with Gasteiger partial charge in [-0.3, -0.25) is 9.59 Å². The van der Waals surface area contributed by atoms with Crippen molar-refractivity contribution in [3.63, 3.8) is 0 Å². The number of nitrogens with zero attached hydrogens (tertiary/aromatic N) is 1. The summed E-state index contributed by atoms with van der Waals surface area (Å²) < 4.78 is 10.3. The van der Waals surface area contributed by atoms with E-state index >= 15 is 0 Å². The summed E-state index contributed by atoms with van der Waals surface area (Å²) in [4.78, 5) is 25.5. The summed E-state index contributed by atoms with van der Waals surface area (Å²) in [6.45, 7) is 2.10. The predicted octanol–water partition coefficient (Wildman–Crippen LogP) is 1.36. The van der Waals surface area contributed by atoms with E-state index in [1.807, 2.05) is 0 Å². The van der Waals surface area contributed by atoms with Crippen LogP contribution in [-0.4, -0.2) is 49.7 Å². The molecule has 0 aliphatic carbocycles. The molecule has 0 saturated carbocycles. The summed E-state index contributed by atoms with van der Waals surface area (Å²) in [7, 11) is 1.40. The first-order valence-electron chi connectivity index (χ1n) is 7.18. The number of rotatable bonds is 4. The molecule has 2 saturated heterocycles. The van der Waals surface area contributed by atoms with Crippen molar-refractivity contribution < 1.29 is 19.1 Å². The van der Waals surface area contributed by atoms with Crippen molar-refractivity contribution in [3.8, 4) is 0 Å². The maximum atomic E-state index is 12.1. The van der Waals surface area contributed by atoms with Gasteiger partial charge in [0.1, 0.15) is 0 Å². The number of carbonyl (C=O) groups is 2. The molecule has 0 bridgehead atoms. The second kappa shape index (κ2) is 6.89. The molecular weight excluding hydrogens is 246 g/mol. The highest BCUT2D eigenvalue weighted by atomic mass is 16.5. The van der Waals surface area contributed by atoms with Gasteiger partial charge < -0.3 is 14.4 Å². The number of ether oxygens (including phenoxy) is 2. The molecule has 19 heavy (non-hydrogen) atoms. The molecule has 5 nitrogen and oxygen atoms in total. The number of methoxy groups -OCH3 is 1. The summed E-state index contributed by atoms with van der Waals surface area (Å²) in [6, 6.07) is 0. The predicted molar refractivity (Wildman–Crippen MR) is 69.5 cm³/mol. The van der Waals surface area contributed by atoms with E-state index in [4.69, 9.17) is 9.47 Å². The van der Waals surface area contributed by atoms with Gasteiger partial charge in [-0.05, 0) is 32.1 Å². The number of amides is 1. The van der Waals surface area contributed by atoms with E-state index in [0.717, 1.165) is 45.3 Å². The molecule has 0 aromatic rings. The second-order valence-corrected chi connectivity index (χ2v) is 5.38. The normalized spacial score (nSPS) is 27.3. The lowest BCUT2D eigenvalue weighted by Gasteiger charge is -2.31. The average Bonchev–Trinajstić information content (AvgIpc) is 2.97. The van der Waals surface area contributed by atoms with Crippen molar-refractivity contribution in [2.75, 3.05) is 26.8 Å². The van der Waals surface area contributed by atoms with E-state index in [0.29, 0.717) is 13.0 Å². The van der Waals surface area contributed by atoms with Crippen molar-refractivity contribution in [1.82, 2.24) is 4.90 Å². The minimum Gasteiger partial charge on any atom is -0.469 e. The Morgan fingerprint density at radius 3 is 2.84 bits per heavy atom. The SMILES string of the molecule is COC(=O)[C@H]1CCCN(C(=O)CCC2CCCO2)C1. The Labute approximate surface area is 114 Å². The fraction of sp³-hybridized carbons (Fsp3) is 0.857. The van der Waals surface area contributed by atoms with Crippen LogP contribution in [0.25, 0.3) is 0 Å². The number of likely N-dealkylation sites (tertiary alicyclic amines) is 1. The fourth-order valence-electron chi connectivity index (χ4n) is 2.88. The van der Waals surface area contributed by atoms with Gasteiger partial charge in [-0.1, -0.05) is 0 Å². The van der Waals surface area contributed by atoms with Gasteiger partial charge in [0.25, 0.3) is 0 Å². The first kappa shape index (κ1) is 14.3. The minimum atomic E-state index is -0.198. The Kier molecular flexibility index (Phi) is 5.19. The molecule has 0 radical (unpaired) electrons. The van der Waals surface area contributed by atoms with Crippen LogP contribution >= 0.6 is 0 Å². The van der Waals surface area contributed by atoms with E-state index < -0.39 is 0 Å². The van der Waals surface area contributed by atoms with Gasteiger partial charge in [0.2, 0.25) is 5.91 Å². The van der Waals surface area contributed by atoms with Gasteiger partial charge in [0.05, 0.1) is 19.1 Å². The van der Waals surface area contributed by atoms with E-state index in [-0.39, 0.29) is 23.9 Å². The largest absolute Gasteiger partial charge is 0.469 e. The van der Waals surface area contributed by atoms with Crippen LogP contribution in [-0.2, 0) is 19.1 Å². The minimum absolute atomic E-state index is 0.143. The van der Waals surface area contributed by atoms with Crippen molar-refractivity contribution in [2.45, 2.75) is 44.6 Å². The van der Waals surface area contributed by atoms with Crippen LogP contribution in [0, 0.1) is 5.92 Å². The monoisotopic (exact) mass is 269 g/mol. The van der Waals surface area contributed by atoms with Crippen LogP contribution in [0.1, 0.15) is 38.5 Å². The van der Waals surface area contributed by atoms with Gasteiger partial charge in [0, 0.05) is 26.1 Å². The molecule has 1 amide bonds. The highest BCUT2D eigenvalue weighted by molar-refractivity contribution is 5.78. The summed E-state index contributed by atoms with van der Waals surface area (Å²) in [5, 5.41) is 0. The fourth-order valence-corrected chi connectivity index (χ4v) is 2.88. The van der Waals surface area contributed by atoms with Crippen LogP contribution in [0.15, 0.2) is 0 Å². The molecule has 0 aromatic carbocycles. The van der Waals surface area contributed by atoms with E-state index in [1.165, 1.54) is 7.11 Å². The molecule has 0 aromatic heterocycles. The highest BCUT2D eigenvalue weighted by Crippen LogP contribution is 2.21. The van der Waals surface area contributed by atoms with Crippen molar-refractivity contribution in [1.29, 1.82) is 0 Å². The maximum Gasteiger partial charge on any atom is 0.310 e.